The minimum Gasteiger partial charge on any atom is -0.493 e. The molecule has 7 nitrogen and oxygen atoms in total. The highest BCUT2D eigenvalue weighted by Gasteiger charge is 2.19. The van der Waals surface area contributed by atoms with Crippen LogP contribution in [-0.4, -0.2) is 50.3 Å². The van der Waals surface area contributed by atoms with Crippen molar-refractivity contribution in [2.24, 2.45) is 0 Å². The van der Waals surface area contributed by atoms with E-state index in [0.29, 0.717) is 31.1 Å². The van der Waals surface area contributed by atoms with Crippen molar-refractivity contribution in [2.75, 3.05) is 34.2 Å². The Bertz CT molecular complexity index is 1040. The summed E-state index contributed by atoms with van der Waals surface area (Å²) >= 11 is 0. The molecule has 3 aromatic carbocycles. The van der Waals surface area contributed by atoms with Gasteiger partial charge in [-0.25, -0.2) is 0 Å². The Morgan fingerprint density at radius 1 is 0.909 bits per heavy atom. The lowest BCUT2D eigenvalue weighted by Gasteiger charge is -2.26. The molecule has 0 bridgehead atoms. The topological polar surface area (TPSA) is 69.6 Å². The number of hydrogen-bond acceptors (Lipinski definition) is 7. The number of rotatable bonds is 11. The summed E-state index contributed by atoms with van der Waals surface area (Å²) in [5.74, 6) is 3.57. The number of benzene rings is 3. The standard InChI is InChI=1S/C26H29NO6/c1-29-24-10-6-7-20(26(24)30-2)15-27(14-19-11-12-23-25(13-19)33-18-32-23)16-21(28)17-31-22-8-4-3-5-9-22/h3-13,21,28H,14-18H2,1-2H3. The number of hydrogen-bond donors (Lipinski definition) is 1. The molecule has 4 rings (SSSR count). The quantitative estimate of drug-likeness (QED) is 0.475. The van der Waals surface area contributed by atoms with E-state index in [9.17, 15) is 5.11 Å². The Morgan fingerprint density at radius 2 is 1.73 bits per heavy atom. The lowest BCUT2D eigenvalue weighted by Crippen LogP contribution is -2.35. The molecule has 1 heterocycles. The van der Waals surface area contributed by atoms with Crippen molar-refractivity contribution in [3.63, 3.8) is 0 Å². The zero-order valence-electron chi connectivity index (χ0n) is 18.9. The smallest absolute Gasteiger partial charge is 0.231 e. The zero-order chi connectivity index (χ0) is 23.0. The van der Waals surface area contributed by atoms with Crippen molar-refractivity contribution in [3.05, 3.63) is 77.9 Å². The van der Waals surface area contributed by atoms with E-state index < -0.39 is 6.10 Å². The molecule has 0 aliphatic carbocycles. The summed E-state index contributed by atoms with van der Waals surface area (Å²) in [6, 6.07) is 21.2. The van der Waals surface area contributed by atoms with Crippen LogP contribution in [0.2, 0.25) is 0 Å². The van der Waals surface area contributed by atoms with Crippen LogP contribution < -0.4 is 23.7 Å². The Morgan fingerprint density at radius 3 is 2.52 bits per heavy atom. The molecule has 1 unspecified atom stereocenters. The first-order chi connectivity index (χ1) is 16.2. The number of para-hydroxylation sites is 2. The highest BCUT2D eigenvalue weighted by molar-refractivity contribution is 5.47. The molecule has 7 heteroatoms. The lowest BCUT2D eigenvalue weighted by molar-refractivity contribution is 0.0625. The predicted octanol–water partition coefficient (Wildman–Crippen LogP) is 3.87. The summed E-state index contributed by atoms with van der Waals surface area (Å²) in [7, 11) is 3.25. The number of ether oxygens (including phenoxy) is 5. The van der Waals surface area contributed by atoms with Crippen molar-refractivity contribution in [1.82, 2.24) is 4.90 Å². The van der Waals surface area contributed by atoms with E-state index in [4.69, 9.17) is 23.7 Å². The number of aliphatic hydroxyl groups excluding tert-OH is 1. The van der Waals surface area contributed by atoms with Crippen molar-refractivity contribution in [1.29, 1.82) is 0 Å². The van der Waals surface area contributed by atoms with Crippen molar-refractivity contribution < 1.29 is 28.8 Å². The average molecular weight is 452 g/mol. The average Bonchev–Trinajstić information content (AvgIpc) is 3.31. The SMILES string of the molecule is COc1cccc(CN(Cc2ccc3c(c2)OCO3)CC(O)COc2ccccc2)c1OC. The van der Waals surface area contributed by atoms with Gasteiger partial charge in [-0.1, -0.05) is 36.4 Å². The molecule has 1 N–H and O–H groups in total. The van der Waals surface area contributed by atoms with E-state index in [-0.39, 0.29) is 13.4 Å². The molecular formula is C26H29NO6. The molecule has 0 fully saturated rings. The molecule has 0 radical (unpaired) electrons. The lowest BCUT2D eigenvalue weighted by atomic mass is 10.1. The molecule has 1 aliphatic heterocycles. The second-order valence-corrected chi connectivity index (χ2v) is 7.79. The zero-order valence-corrected chi connectivity index (χ0v) is 18.9. The van der Waals surface area contributed by atoms with Gasteiger partial charge in [0, 0.05) is 25.2 Å². The van der Waals surface area contributed by atoms with Crippen molar-refractivity contribution in [3.8, 4) is 28.7 Å². The van der Waals surface area contributed by atoms with E-state index in [0.717, 1.165) is 28.4 Å². The van der Waals surface area contributed by atoms with Gasteiger partial charge >= 0.3 is 0 Å². The van der Waals surface area contributed by atoms with Gasteiger partial charge in [0.25, 0.3) is 0 Å². The molecule has 1 atom stereocenters. The third-order valence-corrected chi connectivity index (χ3v) is 5.38. The normalized spacial score (nSPS) is 13.1. The van der Waals surface area contributed by atoms with Crippen LogP contribution in [-0.2, 0) is 13.1 Å². The molecule has 1 aliphatic rings. The van der Waals surface area contributed by atoms with Crippen LogP contribution in [0.25, 0.3) is 0 Å². The Labute approximate surface area is 194 Å². The fourth-order valence-corrected chi connectivity index (χ4v) is 3.86. The first-order valence-electron chi connectivity index (χ1n) is 10.8. The molecule has 174 valence electrons. The van der Waals surface area contributed by atoms with E-state index >= 15 is 0 Å². The van der Waals surface area contributed by atoms with Crippen LogP contribution in [0.4, 0.5) is 0 Å². The van der Waals surface area contributed by atoms with Gasteiger partial charge in [-0.3, -0.25) is 4.90 Å². The predicted molar refractivity (Wildman–Crippen MR) is 124 cm³/mol. The summed E-state index contributed by atoms with van der Waals surface area (Å²) in [5, 5.41) is 10.8. The highest BCUT2D eigenvalue weighted by Crippen LogP contribution is 2.34. The van der Waals surface area contributed by atoms with Crippen LogP contribution in [0, 0.1) is 0 Å². The summed E-state index contributed by atoms with van der Waals surface area (Å²) in [4.78, 5) is 2.15. The third kappa shape index (κ3) is 5.88. The number of aliphatic hydroxyl groups is 1. The summed E-state index contributed by atoms with van der Waals surface area (Å²) in [5.41, 5.74) is 2.02. The van der Waals surface area contributed by atoms with Crippen molar-refractivity contribution in [2.45, 2.75) is 19.2 Å². The Hall–Kier alpha value is -3.42. The molecule has 0 aromatic heterocycles. The van der Waals surface area contributed by atoms with Gasteiger partial charge in [0.05, 0.1) is 14.2 Å². The van der Waals surface area contributed by atoms with E-state index in [1.165, 1.54) is 0 Å². The van der Waals surface area contributed by atoms with Gasteiger partial charge in [0.2, 0.25) is 6.79 Å². The van der Waals surface area contributed by atoms with Crippen molar-refractivity contribution >= 4 is 0 Å². The second kappa shape index (κ2) is 10.9. The fraction of sp³-hybridized carbons (Fsp3) is 0.308. The van der Waals surface area contributed by atoms with Gasteiger partial charge in [0.1, 0.15) is 18.5 Å². The number of fused-ring (bicyclic) bond motifs is 1. The minimum absolute atomic E-state index is 0.191. The van der Waals surface area contributed by atoms with Crippen LogP contribution in [0.3, 0.4) is 0 Å². The number of methoxy groups -OCH3 is 2. The minimum atomic E-state index is -0.684. The first kappa shape index (κ1) is 22.8. The second-order valence-electron chi connectivity index (χ2n) is 7.79. The fourth-order valence-electron chi connectivity index (χ4n) is 3.86. The maximum absolute atomic E-state index is 10.8. The first-order valence-corrected chi connectivity index (χ1v) is 10.8. The maximum atomic E-state index is 10.8. The maximum Gasteiger partial charge on any atom is 0.231 e. The van der Waals surface area contributed by atoms with E-state index in [1.807, 2.05) is 66.7 Å². The highest BCUT2D eigenvalue weighted by atomic mass is 16.7. The molecule has 0 saturated heterocycles. The van der Waals surface area contributed by atoms with Crippen LogP contribution in [0.5, 0.6) is 28.7 Å². The van der Waals surface area contributed by atoms with Gasteiger partial charge in [0.15, 0.2) is 23.0 Å². The number of nitrogens with zero attached hydrogens (tertiary/aromatic N) is 1. The molecule has 0 saturated carbocycles. The van der Waals surface area contributed by atoms with Gasteiger partial charge in [-0.2, -0.15) is 0 Å². The molecule has 0 amide bonds. The third-order valence-electron chi connectivity index (χ3n) is 5.38. The summed E-state index contributed by atoms with van der Waals surface area (Å²) in [6.45, 7) is 1.98. The van der Waals surface area contributed by atoms with E-state index in [2.05, 4.69) is 4.90 Å². The summed E-state index contributed by atoms with van der Waals surface area (Å²) in [6.07, 6.45) is -0.684. The van der Waals surface area contributed by atoms with E-state index in [1.54, 1.807) is 14.2 Å². The molecule has 3 aromatic rings. The Balaban J connectivity index is 1.50. The van der Waals surface area contributed by atoms with Crippen LogP contribution in [0.1, 0.15) is 11.1 Å². The van der Waals surface area contributed by atoms with Crippen LogP contribution in [0.15, 0.2) is 66.7 Å². The Kier molecular flexibility index (Phi) is 7.55. The monoisotopic (exact) mass is 451 g/mol. The molecule has 33 heavy (non-hydrogen) atoms. The summed E-state index contributed by atoms with van der Waals surface area (Å²) < 4.78 is 27.8. The largest absolute Gasteiger partial charge is 0.493 e. The van der Waals surface area contributed by atoms with Gasteiger partial charge < -0.3 is 28.8 Å². The molecular weight excluding hydrogens is 422 g/mol. The van der Waals surface area contributed by atoms with Crippen LogP contribution >= 0.6 is 0 Å². The molecule has 0 spiro atoms. The van der Waals surface area contributed by atoms with Gasteiger partial charge in [-0.15, -0.1) is 0 Å². The van der Waals surface area contributed by atoms with Gasteiger partial charge in [-0.05, 0) is 35.9 Å².